The number of nitrogens with zero attached hydrogens (tertiary/aromatic N) is 1. The molecule has 1 aromatic heterocycles. The van der Waals surface area contributed by atoms with Gasteiger partial charge in [-0.1, -0.05) is 20.8 Å². The van der Waals surface area contributed by atoms with Crippen molar-refractivity contribution in [2.45, 2.75) is 64.1 Å². The first-order valence-electron chi connectivity index (χ1n) is 7.71. The van der Waals surface area contributed by atoms with Crippen LogP contribution in [-0.4, -0.2) is 30.6 Å². The topological polar surface area (TPSA) is 73.3 Å². The number of hydrogen-bond acceptors (Lipinski definition) is 4. The Morgan fingerprint density at radius 2 is 2.05 bits per heavy atom. The lowest BCUT2D eigenvalue weighted by atomic mass is 10.2. The molecule has 0 aromatic carbocycles. The summed E-state index contributed by atoms with van der Waals surface area (Å²) in [5, 5.41) is 0.168. The lowest BCUT2D eigenvalue weighted by Gasteiger charge is -2.36. The van der Waals surface area contributed by atoms with Crippen LogP contribution >= 0.6 is 0 Å². The summed E-state index contributed by atoms with van der Waals surface area (Å²) < 4.78 is 13.5. The van der Waals surface area contributed by atoms with Crippen molar-refractivity contribution in [2.24, 2.45) is 0 Å². The lowest BCUT2D eigenvalue weighted by molar-refractivity contribution is -0.0222. The van der Waals surface area contributed by atoms with Crippen LogP contribution in [0.2, 0.25) is 18.1 Å². The van der Waals surface area contributed by atoms with Crippen LogP contribution in [-0.2, 0) is 9.16 Å². The van der Waals surface area contributed by atoms with Gasteiger partial charge < -0.3 is 9.16 Å². The highest BCUT2D eigenvalue weighted by Gasteiger charge is 2.38. The summed E-state index contributed by atoms with van der Waals surface area (Å²) in [5.41, 5.74) is -0.819. The summed E-state index contributed by atoms with van der Waals surface area (Å²) in [6.07, 6.45) is 2.76. The second kappa shape index (κ2) is 6.14. The van der Waals surface area contributed by atoms with E-state index < -0.39 is 19.6 Å². The van der Waals surface area contributed by atoms with Crippen molar-refractivity contribution in [3.05, 3.63) is 33.1 Å². The molecule has 1 aromatic rings. The molecular formula is C15H26N2O4Si. The monoisotopic (exact) mass is 326 g/mol. The fourth-order valence-corrected chi connectivity index (χ4v) is 3.22. The van der Waals surface area contributed by atoms with Gasteiger partial charge in [-0.2, -0.15) is 0 Å². The maximum Gasteiger partial charge on any atom is 0.330 e. The fourth-order valence-electron chi connectivity index (χ4n) is 2.19. The lowest BCUT2D eigenvalue weighted by Crippen LogP contribution is -2.42. The SMILES string of the molecule is CC(C)(C)[Si](C)(C)OC[C@H]1CC[C@@H](n2ccc(=O)[nH]c2=O)O1. The van der Waals surface area contributed by atoms with Crippen molar-refractivity contribution in [1.82, 2.24) is 9.55 Å². The standard InChI is InChI=1S/C15H26N2O4Si/c1-15(2,3)22(4,5)20-10-11-6-7-13(21-11)17-9-8-12(18)16-14(17)19/h8-9,11,13H,6-7,10H2,1-5H3,(H,16,18,19)/t11-,13+/m1/s1. The number of rotatable bonds is 4. The summed E-state index contributed by atoms with van der Waals surface area (Å²) in [6, 6.07) is 1.34. The van der Waals surface area contributed by atoms with Gasteiger partial charge >= 0.3 is 5.69 Å². The molecule has 0 spiro atoms. The van der Waals surface area contributed by atoms with Crippen LogP contribution in [0.25, 0.3) is 0 Å². The number of H-pyrrole nitrogens is 1. The van der Waals surface area contributed by atoms with E-state index in [1.165, 1.54) is 16.8 Å². The van der Waals surface area contributed by atoms with Gasteiger partial charge in [0.05, 0.1) is 12.7 Å². The van der Waals surface area contributed by atoms with Gasteiger partial charge in [0.1, 0.15) is 6.23 Å². The zero-order valence-electron chi connectivity index (χ0n) is 14.0. The molecular weight excluding hydrogens is 300 g/mol. The van der Waals surface area contributed by atoms with Crippen molar-refractivity contribution < 1.29 is 9.16 Å². The highest BCUT2D eigenvalue weighted by Crippen LogP contribution is 2.37. The largest absolute Gasteiger partial charge is 0.414 e. The molecule has 0 amide bonds. The van der Waals surface area contributed by atoms with E-state index in [0.717, 1.165) is 12.8 Å². The maximum atomic E-state index is 11.8. The molecule has 1 N–H and O–H groups in total. The van der Waals surface area contributed by atoms with Crippen molar-refractivity contribution in [3.8, 4) is 0 Å². The molecule has 1 aliphatic heterocycles. The summed E-state index contributed by atoms with van der Waals surface area (Å²) >= 11 is 0. The van der Waals surface area contributed by atoms with Gasteiger partial charge in [0.25, 0.3) is 5.56 Å². The Morgan fingerprint density at radius 3 is 2.64 bits per heavy atom. The average molecular weight is 326 g/mol. The molecule has 6 nitrogen and oxygen atoms in total. The molecule has 0 aliphatic carbocycles. The summed E-state index contributed by atoms with van der Waals surface area (Å²) in [5.74, 6) is 0. The van der Waals surface area contributed by atoms with E-state index in [1.807, 2.05) is 0 Å². The molecule has 22 heavy (non-hydrogen) atoms. The Hall–Kier alpha value is -1.18. The fraction of sp³-hybridized carbons (Fsp3) is 0.733. The van der Waals surface area contributed by atoms with Crippen LogP contribution in [0.5, 0.6) is 0 Å². The second-order valence-electron chi connectivity index (χ2n) is 7.38. The van der Waals surface area contributed by atoms with Gasteiger partial charge in [0, 0.05) is 12.3 Å². The molecule has 2 rings (SSSR count). The van der Waals surface area contributed by atoms with Crippen LogP contribution in [0, 0.1) is 0 Å². The minimum Gasteiger partial charge on any atom is -0.414 e. The molecule has 124 valence electrons. The average Bonchev–Trinajstić information content (AvgIpc) is 2.83. The van der Waals surface area contributed by atoms with Gasteiger partial charge in [-0.3, -0.25) is 14.3 Å². The Balaban J connectivity index is 1.96. The van der Waals surface area contributed by atoms with Gasteiger partial charge in [-0.05, 0) is 31.0 Å². The summed E-state index contributed by atoms with van der Waals surface area (Å²) in [7, 11) is -1.79. The Kier molecular flexibility index (Phi) is 4.79. The maximum absolute atomic E-state index is 11.8. The second-order valence-corrected chi connectivity index (χ2v) is 12.2. The Labute approximate surface area is 131 Å². The highest BCUT2D eigenvalue weighted by molar-refractivity contribution is 6.74. The van der Waals surface area contributed by atoms with Gasteiger partial charge in [-0.25, -0.2) is 4.79 Å². The molecule has 0 bridgehead atoms. The van der Waals surface area contributed by atoms with Gasteiger partial charge in [-0.15, -0.1) is 0 Å². The van der Waals surface area contributed by atoms with E-state index in [-0.39, 0.29) is 17.4 Å². The van der Waals surface area contributed by atoms with E-state index in [1.54, 1.807) is 0 Å². The smallest absolute Gasteiger partial charge is 0.330 e. The third-order valence-corrected chi connectivity index (χ3v) is 9.18. The third kappa shape index (κ3) is 3.77. The molecule has 2 heterocycles. The van der Waals surface area contributed by atoms with Crippen molar-refractivity contribution in [2.75, 3.05) is 6.61 Å². The van der Waals surface area contributed by atoms with E-state index in [0.29, 0.717) is 6.61 Å². The van der Waals surface area contributed by atoms with E-state index >= 15 is 0 Å². The van der Waals surface area contributed by atoms with E-state index in [9.17, 15) is 9.59 Å². The van der Waals surface area contributed by atoms with Crippen LogP contribution < -0.4 is 11.2 Å². The number of aromatic nitrogens is 2. The first kappa shape index (κ1) is 17.2. The van der Waals surface area contributed by atoms with Gasteiger partial charge in [0.2, 0.25) is 0 Å². The summed E-state index contributed by atoms with van der Waals surface area (Å²) in [4.78, 5) is 25.1. The predicted octanol–water partition coefficient (Wildman–Crippen LogP) is 2.24. The van der Waals surface area contributed by atoms with Crippen LogP contribution in [0.4, 0.5) is 0 Å². The molecule has 7 heteroatoms. The third-order valence-electron chi connectivity index (χ3n) is 4.68. The molecule has 2 atom stereocenters. The number of nitrogens with one attached hydrogen (secondary N) is 1. The molecule has 1 fully saturated rings. The number of aromatic amines is 1. The van der Waals surface area contributed by atoms with Crippen LogP contribution in [0.1, 0.15) is 39.8 Å². The summed E-state index contributed by atoms with van der Waals surface area (Å²) in [6.45, 7) is 11.6. The zero-order valence-corrected chi connectivity index (χ0v) is 15.0. The minimum absolute atomic E-state index is 0.00190. The first-order valence-corrected chi connectivity index (χ1v) is 10.6. The van der Waals surface area contributed by atoms with Crippen LogP contribution in [0.15, 0.2) is 21.9 Å². The molecule has 1 aliphatic rings. The van der Waals surface area contributed by atoms with Gasteiger partial charge in [0.15, 0.2) is 8.32 Å². The molecule has 0 unspecified atom stereocenters. The first-order chi connectivity index (χ1) is 10.1. The predicted molar refractivity (Wildman–Crippen MR) is 87.6 cm³/mol. The number of ether oxygens (including phenoxy) is 1. The molecule has 1 saturated heterocycles. The van der Waals surface area contributed by atoms with Crippen LogP contribution in [0.3, 0.4) is 0 Å². The normalized spacial score (nSPS) is 23.0. The molecule has 0 saturated carbocycles. The van der Waals surface area contributed by atoms with Crippen molar-refractivity contribution in [1.29, 1.82) is 0 Å². The Bertz CT molecular complexity index is 629. The number of hydrogen-bond donors (Lipinski definition) is 1. The zero-order chi connectivity index (χ0) is 16.5. The van der Waals surface area contributed by atoms with Crippen molar-refractivity contribution in [3.63, 3.8) is 0 Å². The molecule has 0 radical (unpaired) electrons. The minimum atomic E-state index is -1.79. The van der Waals surface area contributed by atoms with E-state index in [4.69, 9.17) is 9.16 Å². The van der Waals surface area contributed by atoms with E-state index in [2.05, 4.69) is 38.8 Å². The Morgan fingerprint density at radius 1 is 1.36 bits per heavy atom. The quantitative estimate of drug-likeness (QED) is 0.861. The van der Waals surface area contributed by atoms with Crippen molar-refractivity contribution >= 4 is 8.32 Å². The highest BCUT2D eigenvalue weighted by atomic mass is 28.4.